The number of H-pyrrole nitrogens is 4. The van der Waals surface area contributed by atoms with Crippen LogP contribution in [-0.4, -0.2) is 109 Å². The maximum Gasteiger partial charge on any atom is 0.339 e. The van der Waals surface area contributed by atoms with Crippen LogP contribution in [0, 0.1) is 5.82 Å². The Morgan fingerprint density at radius 2 is 0.720 bits per heavy atom. The number of aromatic nitrogens is 9. The fourth-order valence-corrected chi connectivity index (χ4v) is 14.4. The minimum Gasteiger partial charge on any atom is -0.462 e. The van der Waals surface area contributed by atoms with Gasteiger partial charge in [-0.05, 0) is 223 Å². The zero-order valence-electron chi connectivity index (χ0n) is 67.1. The average molecular weight is 1760 g/mol. The number of allylic oxidation sites excluding steroid dienone is 4. The topological polar surface area (TPSA) is 297 Å². The Morgan fingerprint density at radius 3 is 1.08 bits per heavy atom. The summed E-state index contributed by atoms with van der Waals surface area (Å²) in [6, 6.07) is 60.2. The predicted molar refractivity (Wildman–Crippen MR) is 498 cm³/mol. The first-order valence-corrected chi connectivity index (χ1v) is 40.2. The Kier molecular flexibility index (Phi) is 28.4. The minimum absolute atomic E-state index is 0.0158. The Balaban J connectivity index is 0.000000143. The number of carbonyl (C=O) groups is 5. The summed E-state index contributed by atoms with van der Waals surface area (Å²) in [5, 5.41) is 5.00. The molecule has 16 aromatic rings. The van der Waals surface area contributed by atoms with Gasteiger partial charge in [-0.15, -0.1) is 0 Å². The molecule has 9 aromatic heterocycles. The van der Waals surface area contributed by atoms with Crippen LogP contribution in [0.3, 0.4) is 0 Å². The van der Waals surface area contributed by atoms with Gasteiger partial charge in [-0.3, -0.25) is 63.3 Å². The molecule has 0 aliphatic carbocycles. The van der Waals surface area contributed by atoms with Crippen LogP contribution in [0.4, 0.5) is 15.8 Å². The van der Waals surface area contributed by atoms with Crippen molar-refractivity contribution < 1.29 is 33.1 Å². The van der Waals surface area contributed by atoms with Crippen LogP contribution in [-0.2, 0) is 4.74 Å². The van der Waals surface area contributed by atoms with Gasteiger partial charge in [0.05, 0.1) is 57.0 Å². The number of halogens is 6. The molecular weight excluding hydrogens is 1690 g/mol. The van der Waals surface area contributed by atoms with Gasteiger partial charge < -0.3 is 34.5 Å². The predicted octanol–water partition coefficient (Wildman–Crippen LogP) is 21.1. The number of hydrogen-bond donors (Lipinski definition) is 4. The van der Waals surface area contributed by atoms with Gasteiger partial charge >= 0.3 is 5.97 Å². The zero-order valence-corrected chi connectivity index (χ0v) is 70.8. The van der Waals surface area contributed by atoms with Gasteiger partial charge in [0.2, 0.25) is 0 Å². The van der Waals surface area contributed by atoms with Crippen molar-refractivity contribution in [3.63, 3.8) is 0 Å². The molecule has 0 atom stereocenters. The van der Waals surface area contributed by atoms with E-state index in [4.69, 9.17) is 62.7 Å². The van der Waals surface area contributed by atoms with Gasteiger partial charge in [0, 0.05) is 174 Å². The molecule has 0 radical (unpaired) electrons. The van der Waals surface area contributed by atoms with E-state index in [2.05, 4.69) is 44.9 Å². The summed E-state index contributed by atoms with van der Waals surface area (Å²) in [7, 11) is 7.76. The van der Waals surface area contributed by atoms with Crippen molar-refractivity contribution in [2.45, 2.75) is 6.92 Å². The Labute approximate surface area is 738 Å². The molecule has 0 amide bonds. The van der Waals surface area contributed by atoms with Crippen LogP contribution in [0.5, 0.6) is 0 Å². The van der Waals surface area contributed by atoms with Gasteiger partial charge in [-0.25, -0.2) is 9.18 Å². The Bertz CT molecular complexity index is 7230. The fraction of sp³-hybridized carbons (Fsp3) is 0.0612. The second-order valence-electron chi connectivity index (χ2n) is 28.2. The summed E-state index contributed by atoms with van der Waals surface area (Å²) in [6.45, 7) is 1.90. The molecule has 27 heteroatoms. The molecule has 9 heterocycles. The van der Waals surface area contributed by atoms with Crippen LogP contribution in [0.25, 0.3) is 112 Å². The average Bonchev–Trinajstić information content (AvgIpc) is 0.885. The smallest absolute Gasteiger partial charge is 0.339 e. The third-order valence-electron chi connectivity index (χ3n) is 19.3. The van der Waals surface area contributed by atoms with E-state index in [-0.39, 0.29) is 34.4 Å². The first-order valence-electron chi connectivity index (χ1n) is 38.4. The molecule has 21 nitrogen and oxygen atoms in total. The Morgan fingerprint density at radius 1 is 0.368 bits per heavy atom. The van der Waals surface area contributed by atoms with E-state index in [1.165, 1.54) is 67.3 Å². The number of benzene rings is 7. The quantitative estimate of drug-likeness (QED) is 0.0313. The van der Waals surface area contributed by atoms with Gasteiger partial charge in [-0.2, -0.15) is 0 Å². The van der Waals surface area contributed by atoms with Crippen LogP contribution in [0.15, 0.2) is 299 Å². The monoisotopic (exact) mass is 1760 g/mol. The molecule has 0 bridgehead atoms. The molecule has 0 saturated carbocycles. The van der Waals surface area contributed by atoms with E-state index < -0.39 is 57.2 Å². The molecule has 0 unspecified atom stereocenters. The largest absolute Gasteiger partial charge is 0.462 e. The summed E-state index contributed by atoms with van der Waals surface area (Å²) in [4.78, 5) is 152. The summed E-state index contributed by atoms with van der Waals surface area (Å²) >= 11 is 30.8. The van der Waals surface area contributed by atoms with E-state index in [0.717, 1.165) is 28.7 Å². The zero-order chi connectivity index (χ0) is 88.5. The number of aromatic amines is 4. The van der Waals surface area contributed by atoms with Crippen LogP contribution in [0.1, 0.15) is 81.2 Å². The normalized spacial score (nSPS) is 11.2. The van der Waals surface area contributed by atoms with Gasteiger partial charge in [0.1, 0.15) is 5.82 Å². The van der Waals surface area contributed by atoms with Crippen molar-refractivity contribution >= 4 is 166 Å². The number of ketones is 4. The highest BCUT2D eigenvalue weighted by Gasteiger charge is 2.26. The highest BCUT2D eigenvalue weighted by atomic mass is 35.5. The number of anilines is 2. The molecule has 620 valence electrons. The number of nitrogens with one attached hydrogen (secondary N) is 4. The minimum atomic E-state index is -0.572. The van der Waals surface area contributed by atoms with Crippen molar-refractivity contribution in [2.24, 2.45) is 0 Å². The highest BCUT2D eigenvalue weighted by molar-refractivity contribution is 6.34. The molecule has 0 spiro atoms. The van der Waals surface area contributed by atoms with E-state index in [1.54, 1.807) is 153 Å². The summed E-state index contributed by atoms with van der Waals surface area (Å²) in [5.74, 6) is -2.93. The lowest BCUT2D eigenvalue weighted by Crippen LogP contribution is -2.19. The maximum atomic E-state index is 13.4. The van der Waals surface area contributed by atoms with E-state index >= 15 is 0 Å². The third-order valence-corrected chi connectivity index (χ3v) is 20.5. The fourth-order valence-electron chi connectivity index (χ4n) is 13.5. The summed E-state index contributed by atoms with van der Waals surface area (Å²) in [6.07, 6.45) is 23.1. The number of esters is 1. The number of ether oxygens (including phenoxy) is 1. The summed E-state index contributed by atoms with van der Waals surface area (Å²) in [5.41, 5.74) is 9.32. The molecule has 0 fully saturated rings. The van der Waals surface area contributed by atoms with Gasteiger partial charge in [-0.1, -0.05) is 125 Å². The SMILES string of the molecule is CCOC(=O)c1cncc(-c2c(C(=O)/C=C/c3ccccn3)c(=O)[nH]c3ccc(Cl)cc23)c1.CN(C)c1ccc(-c2c(C(=O)/C=C/c3ccccn3)c(=O)[nH]c3ccc(Cl)cc23)cc1.CN(C)c1ccc(-c2c(C(=O)/C=C/c3cncc(F)c3)c(=O)[nH]c3ccc(Cl)cc23)cc1.O=C(/C=C/c1cncc(Cl)c1)c1c(-c2ccccc2)c2cc(Cl)ccc2[nH]c1=O. The van der Waals surface area contributed by atoms with Gasteiger partial charge in [0.25, 0.3) is 22.2 Å². The van der Waals surface area contributed by atoms with Crippen molar-refractivity contribution in [1.29, 1.82) is 0 Å². The van der Waals surface area contributed by atoms with E-state index in [9.17, 15) is 47.5 Å². The second kappa shape index (κ2) is 40.3. The number of hydrogen-bond acceptors (Lipinski definition) is 17. The lowest BCUT2D eigenvalue weighted by atomic mass is 9.93. The molecular formula is C98H71Cl5FN11O10. The maximum absolute atomic E-state index is 13.4. The van der Waals surface area contributed by atoms with E-state index in [0.29, 0.717) is 125 Å². The van der Waals surface area contributed by atoms with Crippen molar-refractivity contribution in [3.8, 4) is 44.5 Å². The molecule has 0 aliphatic rings. The number of nitrogens with zero attached hydrogens (tertiary/aromatic N) is 7. The lowest BCUT2D eigenvalue weighted by molar-refractivity contribution is 0.0525. The summed E-state index contributed by atoms with van der Waals surface area (Å²) < 4.78 is 18.5. The first kappa shape index (κ1) is 88.0. The molecule has 0 aliphatic heterocycles. The third kappa shape index (κ3) is 21.4. The number of fused-ring (bicyclic) bond motifs is 4. The van der Waals surface area contributed by atoms with Crippen molar-refractivity contribution in [2.75, 3.05) is 44.6 Å². The molecule has 125 heavy (non-hydrogen) atoms. The number of pyridine rings is 9. The first-order chi connectivity index (χ1) is 60.3. The lowest BCUT2D eigenvalue weighted by Gasteiger charge is -2.15. The second-order valence-corrected chi connectivity index (χ2v) is 30.4. The van der Waals surface area contributed by atoms with Crippen LogP contribution in [0.2, 0.25) is 25.1 Å². The molecule has 16 rings (SSSR count). The number of rotatable bonds is 20. The van der Waals surface area contributed by atoms with Gasteiger partial charge in [0.15, 0.2) is 23.1 Å². The molecule has 4 N–H and O–H groups in total. The van der Waals surface area contributed by atoms with Crippen LogP contribution < -0.4 is 32.0 Å². The van der Waals surface area contributed by atoms with Crippen LogP contribution >= 0.6 is 58.0 Å². The standard InChI is InChI=1S/C25H19ClFN3O2.C25H18ClN3O4.C25H20ClN3O2.C23H14Cl2N2O2/c1-30(2)19-7-4-16(5-8-19)23-20-12-17(26)6-9-21(20)29-25(32)24(23)22(31)10-3-15-11-18(27)14-28-13-15;1-2-33-25(32)16-11-15(13-27-14-16)22-19-12-17(26)6-8-20(19)29-24(31)23(22)21(30)9-7-18-5-3-4-10-28-18;1-29(2)19-10-6-16(7-11-19)23-20-15-17(26)8-12-21(20)28-25(31)24(23)22(30)13-9-18-5-3-4-14-27-18;24-16-7-8-19-18(11-16)21(15-4-2-1-3-5-15)22(23(29)27-19)20(28)9-6-14-10-17(25)13-26-12-14/h3-14H,1-2H3,(H,29,32);3-14H,2H2,1H3,(H,29,31);3-15H,1-2H3,(H,28,31);1-13H,(H,27,29)/b10-3+;9-7+;13-9+;9-6+. The Hall–Kier alpha value is -14.8. The highest BCUT2D eigenvalue weighted by Crippen LogP contribution is 2.38. The molecule has 0 saturated heterocycles. The van der Waals surface area contributed by atoms with Crippen molar-refractivity contribution in [1.82, 2.24) is 44.9 Å². The van der Waals surface area contributed by atoms with E-state index in [1.807, 2.05) is 123 Å². The number of carbonyl (C=O) groups excluding carboxylic acids is 5. The molecule has 7 aromatic carbocycles. The van der Waals surface area contributed by atoms with Crippen molar-refractivity contribution in [3.05, 3.63) is 403 Å².